The summed E-state index contributed by atoms with van der Waals surface area (Å²) in [7, 11) is -2.05. The van der Waals surface area contributed by atoms with E-state index in [2.05, 4.69) is 64.1 Å². The van der Waals surface area contributed by atoms with Crippen LogP contribution in [-0.4, -0.2) is 25.4 Å². The summed E-state index contributed by atoms with van der Waals surface area (Å²) in [5, 5.41) is 2.83. The molecule has 4 heteroatoms. The van der Waals surface area contributed by atoms with Crippen molar-refractivity contribution in [1.82, 2.24) is 4.98 Å². The van der Waals surface area contributed by atoms with Crippen LogP contribution in [0.5, 0.6) is 5.75 Å². The summed E-state index contributed by atoms with van der Waals surface area (Å²) in [6.07, 6.45) is 5.06. The third-order valence-electron chi connectivity index (χ3n) is 6.74. The van der Waals surface area contributed by atoms with Crippen LogP contribution < -0.4 is 15.2 Å². The Morgan fingerprint density at radius 2 is 1.55 bits per heavy atom. The molecule has 0 radical (unpaired) electrons. The van der Waals surface area contributed by atoms with Gasteiger partial charge >= 0.3 is 0 Å². The van der Waals surface area contributed by atoms with Gasteiger partial charge in [-0.25, -0.2) is 0 Å². The van der Waals surface area contributed by atoms with Gasteiger partial charge in [-0.1, -0.05) is 58.0 Å². The molecule has 2 aromatic carbocycles. The molecule has 0 saturated carbocycles. The topological polar surface area (TPSA) is 39.2 Å². The van der Waals surface area contributed by atoms with Crippen LogP contribution in [0.2, 0.25) is 11.1 Å². The first kappa shape index (κ1) is 24.9. The molecule has 0 bridgehead atoms. The smallest absolute Gasteiger partial charge is 0.159 e. The van der Waals surface area contributed by atoms with Gasteiger partial charge in [0.2, 0.25) is 0 Å². The SMILES string of the molecule is CC(=O)c1ccc(OCCCCc2ccccc2[Si](c2ccccn2)(C(C)C)C(C)C)cc1. The van der Waals surface area contributed by atoms with Gasteiger partial charge in [0.1, 0.15) is 13.8 Å². The minimum atomic E-state index is -2.05. The number of aromatic nitrogens is 1. The Kier molecular flexibility index (Phi) is 8.62. The maximum absolute atomic E-state index is 11.4. The predicted octanol–water partition coefficient (Wildman–Crippen LogP) is 6.07. The van der Waals surface area contributed by atoms with E-state index in [1.807, 2.05) is 36.5 Å². The van der Waals surface area contributed by atoms with E-state index < -0.39 is 8.07 Å². The van der Waals surface area contributed by atoms with E-state index in [1.165, 1.54) is 16.1 Å². The number of nitrogens with zero attached hydrogens (tertiary/aromatic N) is 1. The van der Waals surface area contributed by atoms with Crippen LogP contribution in [-0.2, 0) is 6.42 Å². The highest BCUT2D eigenvalue weighted by atomic mass is 28.3. The van der Waals surface area contributed by atoms with Crippen LogP contribution in [0, 0.1) is 0 Å². The fourth-order valence-electron chi connectivity index (χ4n) is 5.16. The zero-order chi connectivity index (χ0) is 23.8. The fourth-order valence-corrected chi connectivity index (χ4v) is 11.0. The van der Waals surface area contributed by atoms with Gasteiger partial charge in [0.25, 0.3) is 0 Å². The number of hydrogen-bond acceptors (Lipinski definition) is 3. The molecular formula is C29H37NO2Si. The molecule has 1 heterocycles. The van der Waals surface area contributed by atoms with Gasteiger partial charge in [0.15, 0.2) is 5.78 Å². The maximum atomic E-state index is 11.4. The highest BCUT2D eigenvalue weighted by molar-refractivity contribution is 7.03. The van der Waals surface area contributed by atoms with Crippen molar-refractivity contribution in [2.75, 3.05) is 6.61 Å². The van der Waals surface area contributed by atoms with Crippen molar-refractivity contribution in [1.29, 1.82) is 0 Å². The molecule has 33 heavy (non-hydrogen) atoms. The number of hydrogen-bond donors (Lipinski definition) is 0. The Bertz CT molecular complexity index is 1020. The van der Waals surface area contributed by atoms with E-state index in [0.29, 0.717) is 17.7 Å². The first-order chi connectivity index (χ1) is 15.9. The van der Waals surface area contributed by atoms with E-state index in [4.69, 9.17) is 9.72 Å². The molecule has 0 unspecified atom stereocenters. The monoisotopic (exact) mass is 459 g/mol. The number of ether oxygens (including phenoxy) is 1. The number of carbonyl (C=O) groups excluding carboxylic acids is 1. The van der Waals surface area contributed by atoms with E-state index in [-0.39, 0.29) is 5.78 Å². The third kappa shape index (κ3) is 5.62. The second kappa shape index (κ2) is 11.4. The van der Waals surface area contributed by atoms with Gasteiger partial charge in [0.05, 0.1) is 6.61 Å². The molecule has 3 rings (SSSR count). The summed E-state index contributed by atoms with van der Waals surface area (Å²) in [4.78, 5) is 16.3. The Morgan fingerprint density at radius 3 is 2.15 bits per heavy atom. The number of carbonyl (C=O) groups is 1. The molecule has 0 spiro atoms. The number of ketones is 1. The van der Waals surface area contributed by atoms with E-state index >= 15 is 0 Å². The largest absolute Gasteiger partial charge is 0.494 e. The number of rotatable bonds is 11. The van der Waals surface area contributed by atoms with Crippen LogP contribution in [0.3, 0.4) is 0 Å². The second-order valence-corrected chi connectivity index (χ2v) is 14.5. The van der Waals surface area contributed by atoms with Crippen LogP contribution in [0.15, 0.2) is 72.9 Å². The van der Waals surface area contributed by atoms with Crippen molar-refractivity contribution >= 4 is 24.4 Å². The Balaban J connectivity index is 1.72. The second-order valence-electron chi connectivity index (χ2n) is 9.44. The Morgan fingerprint density at radius 1 is 0.879 bits per heavy atom. The fraction of sp³-hybridized carbons (Fsp3) is 0.379. The molecule has 1 aromatic heterocycles. The van der Waals surface area contributed by atoms with E-state index in [9.17, 15) is 4.79 Å². The molecule has 0 aliphatic carbocycles. The number of benzene rings is 2. The minimum Gasteiger partial charge on any atom is -0.494 e. The van der Waals surface area contributed by atoms with E-state index in [1.54, 1.807) is 6.92 Å². The first-order valence-electron chi connectivity index (χ1n) is 12.1. The van der Waals surface area contributed by atoms with Crippen molar-refractivity contribution in [2.24, 2.45) is 0 Å². The number of Topliss-reactive ketones (excluding diaryl/α,β-unsaturated/α-hetero) is 1. The molecule has 0 amide bonds. The van der Waals surface area contributed by atoms with Crippen molar-refractivity contribution in [3.8, 4) is 5.75 Å². The van der Waals surface area contributed by atoms with Crippen LogP contribution >= 0.6 is 0 Å². The molecule has 3 nitrogen and oxygen atoms in total. The lowest BCUT2D eigenvalue weighted by atomic mass is 10.1. The first-order valence-corrected chi connectivity index (χ1v) is 14.3. The molecule has 0 aliphatic rings. The zero-order valence-corrected chi connectivity index (χ0v) is 21.7. The number of unbranched alkanes of at least 4 members (excludes halogenated alkanes) is 1. The average molecular weight is 460 g/mol. The summed E-state index contributed by atoms with van der Waals surface area (Å²) < 4.78 is 5.91. The quantitative estimate of drug-likeness (QED) is 0.198. The molecular weight excluding hydrogens is 422 g/mol. The summed E-state index contributed by atoms with van der Waals surface area (Å²) in [5.41, 5.74) is 3.28. The highest BCUT2D eigenvalue weighted by Crippen LogP contribution is 2.32. The Hall–Kier alpha value is -2.72. The molecule has 174 valence electrons. The van der Waals surface area contributed by atoms with Gasteiger partial charge in [0, 0.05) is 17.1 Å². The summed E-state index contributed by atoms with van der Waals surface area (Å²) >= 11 is 0. The highest BCUT2D eigenvalue weighted by Gasteiger charge is 2.45. The molecule has 0 N–H and O–H groups in total. The van der Waals surface area contributed by atoms with Crippen molar-refractivity contribution in [3.63, 3.8) is 0 Å². The van der Waals surface area contributed by atoms with Crippen molar-refractivity contribution in [3.05, 3.63) is 84.1 Å². The predicted molar refractivity (Wildman–Crippen MR) is 141 cm³/mol. The van der Waals surface area contributed by atoms with Gasteiger partial charge in [-0.15, -0.1) is 0 Å². The lowest BCUT2D eigenvalue weighted by Crippen LogP contribution is -2.64. The Labute approximate surface area is 200 Å². The van der Waals surface area contributed by atoms with Crippen LogP contribution in [0.25, 0.3) is 0 Å². The van der Waals surface area contributed by atoms with Gasteiger partial charge in [-0.05, 0) is 84.4 Å². The maximum Gasteiger partial charge on any atom is 0.159 e. The molecule has 0 aliphatic heterocycles. The molecule has 0 saturated heterocycles. The van der Waals surface area contributed by atoms with E-state index in [0.717, 1.165) is 30.6 Å². The van der Waals surface area contributed by atoms with Crippen molar-refractivity contribution < 1.29 is 9.53 Å². The van der Waals surface area contributed by atoms with Gasteiger partial charge in [-0.3, -0.25) is 9.78 Å². The van der Waals surface area contributed by atoms with Crippen molar-refractivity contribution in [2.45, 2.75) is 65.0 Å². The van der Waals surface area contributed by atoms with Gasteiger partial charge in [-0.2, -0.15) is 0 Å². The van der Waals surface area contributed by atoms with Crippen LogP contribution in [0.1, 0.15) is 63.4 Å². The third-order valence-corrected chi connectivity index (χ3v) is 12.9. The lowest BCUT2D eigenvalue weighted by Gasteiger charge is -2.40. The summed E-state index contributed by atoms with van der Waals surface area (Å²) in [5.74, 6) is 0.898. The number of aryl methyl sites for hydroxylation is 1. The molecule has 0 atom stereocenters. The normalized spacial score (nSPS) is 11.7. The lowest BCUT2D eigenvalue weighted by molar-refractivity contribution is 0.101. The summed E-state index contributed by atoms with van der Waals surface area (Å²) in [6.45, 7) is 11.8. The zero-order valence-electron chi connectivity index (χ0n) is 20.7. The van der Waals surface area contributed by atoms with Gasteiger partial charge < -0.3 is 4.74 Å². The average Bonchev–Trinajstić information content (AvgIpc) is 2.81. The summed E-state index contributed by atoms with van der Waals surface area (Å²) in [6, 6.07) is 22.9. The standard InChI is InChI=1S/C29H37NO2Si/c1-22(2)33(23(3)4,29-15-8-10-20-30-29)28-14-7-6-12-26(28)13-9-11-21-32-27-18-16-25(17-19-27)24(5)31/h6-8,10,12,14-20,22-23H,9,11,13,21H2,1-5H3. The molecule has 3 aromatic rings. The molecule has 0 fully saturated rings. The van der Waals surface area contributed by atoms with Crippen LogP contribution in [0.4, 0.5) is 0 Å². The minimum absolute atomic E-state index is 0.0772. The number of pyridine rings is 1.